The SMILES string of the molecule is CC(C)c1ccc(S(=O)(=O)N2CCC(c3cc[nH]c(=O)c3)CC2)cc1. The molecule has 1 aliphatic rings. The molecule has 6 heteroatoms. The van der Waals surface area contributed by atoms with Gasteiger partial charge >= 0.3 is 0 Å². The zero-order valence-corrected chi connectivity index (χ0v) is 15.4. The first-order valence-corrected chi connectivity index (χ1v) is 10.1. The summed E-state index contributed by atoms with van der Waals surface area (Å²) in [5.74, 6) is 0.610. The van der Waals surface area contributed by atoms with Gasteiger partial charge in [-0.25, -0.2) is 8.42 Å². The second kappa shape index (κ2) is 7.14. The molecule has 0 amide bonds. The van der Waals surface area contributed by atoms with Crippen LogP contribution in [0.1, 0.15) is 49.7 Å². The zero-order chi connectivity index (χ0) is 18.0. The topological polar surface area (TPSA) is 70.2 Å². The molecule has 0 spiro atoms. The molecule has 25 heavy (non-hydrogen) atoms. The second-order valence-electron chi connectivity index (χ2n) is 6.89. The highest BCUT2D eigenvalue weighted by Gasteiger charge is 2.30. The van der Waals surface area contributed by atoms with E-state index in [0.29, 0.717) is 23.9 Å². The van der Waals surface area contributed by atoms with Crippen LogP contribution in [0.3, 0.4) is 0 Å². The number of piperidine rings is 1. The van der Waals surface area contributed by atoms with Gasteiger partial charge in [0.05, 0.1) is 4.90 Å². The number of nitrogens with one attached hydrogen (secondary N) is 1. The van der Waals surface area contributed by atoms with Crippen LogP contribution in [0.5, 0.6) is 0 Å². The number of aromatic amines is 1. The lowest BCUT2D eigenvalue weighted by Crippen LogP contribution is -2.38. The molecular weight excluding hydrogens is 336 g/mol. The van der Waals surface area contributed by atoms with E-state index in [9.17, 15) is 13.2 Å². The van der Waals surface area contributed by atoms with Gasteiger partial charge in [-0.1, -0.05) is 26.0 Å². The van der Waals surface area contributed by atoms with Gasteiger partial charge in [0.2, 0.25) is 15.6 Å². The fourth-order valence-electron chi connectivity index (χ4n) is 3.32. The number of rotatable bonds is 4. The Morgan fingerprint density at radius 1 is 1.08 bits per heavy atom. The first-order chi connectivity index (χ1) is 11.9. The maximum Gasteiger partial charge on any atom is 0.248 e. The van der Waals surface area contributed by atoms with Crippen LogP contribution < -0.4 is 5.56 Å². The molecule has 2 aromatic rings. The summed E-state index contributed by atoms with van der Waals surface area (Å²) in [4.78, 5) is 14.4. The molecular formula is C19H24N2O3S. The van der Waals surface area contributed by atoms with Crippen LogP contribution in [0.15, 0.2) is 52.3 Å². The first kappa shape index (κ1) is 17.9. The van der Waals surface area contributed by atoms with Gasteiger partial charge in [-0.3, -0.25) is 4.79 Å². The zero-order valence-electron chi connectivity index (χ0n) is 14.6. The van der Waals surface area contributed by atoms with Crippen LogP contribution in [0.4, 0.5) is 0 Å². The highest BCUT2D eigenvalue weighted by Crippen LogP contribution is 2.30. The molecule has 0 saturated carbocycles. The maximum absolute atomic E-state index is 12.8. The lowest BCUT2D eigenvalue weighted by Gasteiger charge is -2.31. The smallest absolute Gasteiger partial charge is 0.248 e. The quantitative estimate of drug-likeness (QED) is 0.911. The standard InChI is InChI=1S/C19H24N2O3S/c1-14(2)15-3-5-18(6-4-15)25(23,24)21-11-8-16(9-12-21)17-7-10-20-19(22)13-17/h3-7,10,13-14,16H,8-9,11-12H2,1-2H3,(H,20,22). The Kier molecular flexibility index (Phi) is 5.11. The summed E-state index contributed by atoms with van der Waals surface area (Å²) in [5.41, 5.74) is 2.01. The minimum absolute atomic E-state index is 0.113. The highest BCUT2D eigenvalue weighted by molar-refractivity contribution is 7.89. The third kappa shape index (κ3) is 3.85. The summed E-state index contributed by atoms with van der Waals surface area (Å²) >= 11 is 0. The van der Waals surface area contributed by atoms with E-state index in [1.165, 1.54) is 0 Å². The van der Waals surface area contributed by atoms with E-state index >= 15 is 0 Å². The number of pyridine rings is 1. The molecule has 3 rings (SSSR count). The number of hydrogen-bond acceptors (Lipinski definition) is 3. The van der Waals surface area contributed by atoms with E-state index in [1.54, 1.807) is 28.7 Å². The molecule has 2 heterocycles. The number of sulfonamides is 1. The molecule has 1 aliphatic heterocycles. The van der Waals surface area contributed by atoms with Gasteiger partial charge in [-0.05, 0) is 54.0 Å². The van der Waals surface area contributed by atoms with Crippen molar-refractivity contribution in [1.82, 2.24) is 9.29 Å². The first-order valence-electron chi connectivity index (χ1n) is 8.66. The molecule has 1 aromatic heterocycles. The molecule has 134 valence electrons. The lowest BCUT2D eigenvalue weighted by atomic mass is 9.91. The van der Waals surface area contributed by atoms with Gasteiger partial charge in [-0.15, -0.1) is 0 Å². The fraction of sp³-hybridized carbons (Fsp3) is 0.421. The molecule has 0 radical (unpaired) electrons. The van der Waals surface area contributed by atoms with Crippen molar-refractivity contribution in [2.75, 3.05) is 13.1 Å². The molecule has 1 aromatic carbocycles. The molecule has 1 N–H and O–H groups in total. The van der Waals surface area contributed by atoms with Crippen LogP contribution in [0.25, 0.3) is 0 Å². The van der Waals surface area contributed by atoms with Crippen molar-refractivity contribution in [1.29, 1.82) is 0 Å². The van der Waals surface area contributed by atoms with E-state index < -0.39 is 10.0 Å². The Hall–Kier alpha value is -1.92. The summed E-state index contributed by atoms with van der Waals surface area (Å²) in [6, 6.07) is 10.7. The van der Waals surface area contributed by atoms with E-state index in [2.05, 4.69) is 18.8 Å². The van der Waals surface area contributed by atoms with Crippen LogP contribution in [0, 0.1) is 0 Å². The Morgan fingerprint density at radius 2 is 1.72 bits per heavy atom. The monoisotopic (exact) mass is 360 g/mol. The fourth-order valence-corrected chi connectivity index (χ4v) is 4.79. The average molecular weight is 360 g/mol. The summed E-state index contributed by atoms with van der Waals surface area (Å²) in [7, 11) is -3.45. The Bertz CT molecular complexity index is 877. The molecule has 1 fully saturated rings. The van der Waals surface area contributed by atoms with Gasteiger partial charge in [0.15, 0.2) is 0 Å². The van der Waals surface area contributed by atoms with Crippen LogP contribution >= 0.6 is 0 Å². The van der Waals surface area contributed by atoms with Crippen molar-refractivity contribution in [2.24, 2.45) is 0 Å². The third-order valence-electron chi connectivity index (χ3n) is 4.91. The Morgan fingerprint density at radius 3 is 2.28 bits per heavy atom. The molecule has 0 aliphatic carbocycles. The normalized spacial score (nSPS) is 17.1. The van der Waals surface area contributed by atoms with Crippen LogP contribution in [0.2, 0.25) is 0 Å². The predicted octanol–water partition coefficient (Wildman–Crippen LogP) is 3.07. The van der Waals surface area contributed by atoms with E-state index in [-0.39, 0.29) is 11.5 Å². The van der Waals surface area contributed by atoms with Crippen molar-refractivity contribution in [2.45, 2.75) is 43.4 Å². The summed E-state index contributed by atoms with van der Waals surface area (Å²) < 4.78 is 27.2. The van der Waals surface area contributed by atoms with Gasteiger partial charge in [-0.2, -0.15) is 4.31 Å². The molecule has 1 saturated heterocycles. The highest BCUT2D eigenvalue weighted by atomic mass is 32.2. The average Bonchev–Trinajstić information content (AvgIpc) is 2.62. The second-order valence-corrected chi connectivity index (χ2v) is 8.83. The summed E-state index contributed by atoms with van der Waals surface area (Å²) in [6.45, 7) is 5.13. The van der Waals surface area contributed by atoms with Gasteiger partial charge < -0.3 is 4.98 Å². The van der Waals surface area contributed by atoms with Crippen molar-refractivity contribution in [3.63, 3.8) is 0 Å². The molecule has 5 nitrogen and oxygen atoms in total. The molecule has 0 bridgehead atoms. The Labute approximate surface area is 148 Å². The number of H-pyrrole nitrogens is 1. The lowest BCUT2D eigenvalue weighted by molar-refractivity contribution is 0.319. The maximum atomic E-state index is 12.8. The number of benzene rings is 1. The van der Waals surface area contributed by atoms with Crippen molar-refractivity contribution >= 4 is 10.0 Å². The molecule has 0 unspecified atom stereocenters. The summed E-state index contributed by atoms with van der Waals surface area (Å²) in [5, 5.41) is 0. The van der Waals surface area contributed by atoms with Gasteiger partial charge in [0.1, 0.15) is 0 Å². The van der Waals surface area contributed by atoms with E-state index in [4.69, 9.17) is 0 Å². The van der Waals surface area contributed by atoms with Crippen molar-refractivity contribution in [3.05, 3.63) is 64.1 Å². The van der Waals surface area contributed by atoms with E-state index in [0.717, 1.165) is 24.0 Å². The number of nitrogens with zero attached hydrogens (tertiary/aromatic N) is 1. The minimum Gasteiger partial charge on any atom is -0.329 e. The van der Waals surface area contributed by atoms with E-state index in [1.807, 2.05) is 18.2 Å². The van der Waals surface area contributed by atoms with Gasteiger partial charge in [0.25, 0.3) is 0 Å². The number of aromatic nitrogens is 1. The van der Waals surface area contributed by atoms with Crippen molar-refractivity contribution < 1.29 is 8.42 Å². The summed E-state index contributed by atoms with van der Waals surface area (Å²) in [6.07, 6.45) is 3.11. The van der Waals surface area contributed by atoms with Crippen LogP contribution in [-0.4, -0.2) is 30.8 Å². The largest absolute Gasteiger partial charge is 0.329 e. The minimum atomic E-state index is -3.45. The van der Waals surface area contributed by atoms with Crippen LogP contribution in [-0.2, 0) is 10.0 Å². The predicted molar refractivity (Wildman–Crippen MR) is 98.3 cm³/mol. The molecule has 0 atom stereocenters. The van der Waals surface area contributed by atoms with Gasteiger partial charge in [0, 0.05) is 25.4 Å². The number of hydrogen-bond donors (Lipinski definition) is 1. The Balaban J connectivity index is 1.72. The third-order valence-corrected chi connectivity index (χ3v) is 6.82. The van der Waals surface area contributed by atoms with Crippen molar-refractivity contribution in [3.8, 4) is 0 Å².